The monoisotopic (exact) mass is 491 g/mol. The highest BCUT2D eigenvalue weighted by molar-refractivity contribution is 6.30. The van der Waals surface area contributed by atoms with Gasteiger partial charge in [0.15, 0.2) is 0 Å². The first-order valence-corrected chi connectivity index (χ1v) is 13.5. The Bertz CT molecular complexity index is 1120. The molecule has 0 radical (unpaired) electrons. The Kier molecular flexibility index (Phi) is 5.96. The maximum Gasteiger partial charge on any atom is 0.237 e. The number of benzene rings is 1. The van der Waals surface area contributed by atoms with Gasteiger partial charge in [-0.3, -0.25) is 14.6 Å². The molecule has 6 heteroatoms. The van der Waals surface area contributed by atoms with Crippen LogP contribution in [0, 0.1) is 29.1 Å². The fourth-order valence-corrected chi connectivity index (χ4v) is 8.46. The number of aryl methyl sites for hydroxylation is 1. The minimum atomic E-state index is -0.497. The van der Waals surface area contributed by atoms with E-state index in [1.54, 1.807) is 12.4 Å². The molecule has 2 aromatic rings. The van der Waals surface area contributed by atoms with Crippen LogP contribution in [0.5, 0.6) is 0 Å². The van der Waals surface area contributed by atoms with E-state index in [2.05, 4.69) is 16.4 Å². The Labute approximate surface area is 212 Å². The van der Waals surface area contributed by atoms with Crippen molar-refractivity contribution in [2.75, 3.05) is 6.54 Å². The van der Waals surface area contributed by atoms with Gasteiger partial charge in [0, 0.05) is 41.7 Å². The van der Waals surface area contributed by atoms with Crippen LogP contribution in [-0.2, 0) is 22.4 Å². The first kappa shape index (κ1) is 23.2. The van der Waals surface area contributed by atoms with E-state index < -0.39 is 6.04 Å². The quantitative estimate of drug-likeness (QED) is 0.598. The van der Waals surface area contributed by atoms with E-state index in [9.17, 15) is 9.59 Å². The van der Waals surface area contributed by atoms with E-state index >= 15 is 0 Å². The van der Waals surface area contributed by atoms with E-state index in [0.29, 0.717) is 42.4 Å². The molecule has 5 nitrogen and oxygen atoms in total. The lowest BCUT2D eigenvalue weighted by molar-refractivity contribution is -0.153. The summed E-state index contributed by atoms with van der Waals surface area (Å²) >= 11 is 6.15. The molecule has 3 N–H and O–H groups in total. The van der Waals surface area contributed by atoms with E-state index in [1.807, 2.05) is 24.3 Å². The van der Waals surface area contributed by atoms with Crippen LogP contribution in [0.4, 0.5) is 0 Å². The Morgan fingerprint density at radius 3 is 2.60 bits per heavy atom. The van der Waals surface area contributed by atoms with Crippen LogP contribution >= 0.6 is 11.6 Å². The third-order valence-electron chi connectivity index (χ3n) is 9.60. The first-order chi connectivity index (χ1) is 16.9. The SMILES string of the molecule is NC(C(=O)NCC1CCc2cc(Cl)ccc21)C1C2CC3CC1CC(C(=O)Cc1ccncc1)(C3)C2. The summed E-state index contributed by atoms with van der Waals surface area (Å²) in [5, 5.41) is 3.96. The van der Waals surface area contributed by atoms with Crippen LogP contribution in [0.3, 0.4) is 0 Å². The summed E-state index contributed by atoms with van der Waals surface area (Å²) in [6.07, 6.45) is 11.1. The number of fused-ring (bicyclic) bond motifs is 1. The maximum absolute atomic E-state index is 13.5. The summed E-state index contributed by atoms with van der Waals surface area (Å²) in [7, 11) is 0. The third kappa shape index (κ3) is 4.21. The minimum absolute atomic E-state index is 0.0259. The summed E-state index contributed by atoms with van der Waals surface area (Å²) in [6, 6.07) is 9.47. The molecule has 0 spiro atoms. The molecule has 1 aromatic carbocycles. The summed E-state index contributed by atoms with van der Waals surface area (Å²) in [4.78, 5) is 30.8. The van der Waals surface area contributed by atoms with Crippen LogP contribution in [0.2, 0.25) is 5.02 Å². The lowest BCUT2D eigenvalue weighted by atomic mass is 9.44. The van der Waals surface area contributed by atoms with Gasteiger partial charge in [0.05, 0.1) is 6.04 Å². The van der Waals surface area contributed by atoms with Crippen LogP contribution in [0.15, 0.2) is 42.7 Å². The number of nitrogens with one attached hydrogen (secondary N) is 1. The van der Waals surface area contributed by atoms with Crippen LogP contribution in [0.1, 0.15) is 61.1 Å². The summed E-state index contributed by atoms with van der Waals surface area (Å²) < 4.78 is 0. The predicted octanol–water partition coefficient (Wildman–Crippen LogP) is 4.46. The second kappa shape index (κ2) is 9.01. The highest BCUT2D eigenvalue weighted by atomic mass is 35.5. The largest absolute Gasteiger partial charge is 0.354 e. The number of hydrogen-bond acceptors (Lipinski definition) is 4. The fraction of sp³-hybridized carbons (Fsp3) is 0.552. The molecule has 1 heterocycles. The Morgan fingerprint density at radius 2 is 1.86 bits per heavy atom. The molecule has 4 atom stereocenters. The van der Waals surface area contributed by atoms with Gasteiger partial charge >= 0.3 is 0 Å². The predicted molar refractivity (Wildman–Crippen MR) is 136 cm³/mol. The number of hydrogen-bond donors (Lipinski definition) is 2. The number of carbonyl (C=O) groups excluding carboxylic acids is 2. The first-order valence-electron chi connectivity index (χ1n) is 13.2. The van der Waals surface area contributed by atoms with Crippen molar-refractivity contribution < 1.29 is 9.59 Å². The molecule has 5 aliphatic rings. The third-order valence-corrected chi connectivity index (χ3v) is 9.83. The second-order valence-electron chi connectivity index (χ2n) is 11.6. The lowest BCUT2D eigenvalue weighted by Gasteiger charge is -2.60. The summed E-state index contributed by atoms with van der Waals surface area (Å²) in [5.41, 5.74) is 10.1. The molecule has 4 unspecified atom stereocenters. The van der Waals surface area contributed by atoms with Crippen LogP contribution in [0.25, 0.3) is 0 Å². The average molecular weight is 492 g/mol. The highest BCUT2D eigenvalue weighted by Crippen LogP contribution is 2.63. The molecule has 0 aliphatic heterocycles. The van der Waals surface area contributed by atoms with Gasteiger partial charge in [-0.25, -0.2) is 0 Å². The maximum atomic E-state index is 13.5. The summed E-state index contributed by atoms with van der Waals surface area (Å²) in [6.45, 7) is 0.625. The van der Waals surface area contributed by atoms with E-state index in [-0.39, 0.29) is 17.2 Å². The molecular weight excluding hydrogens is 458 g/mol. The second-order valence-corrected chi connectivity index (χ2v) is 12.1. The number of pyridine rings is 1. The molecular formula is C29H34ClN3O2. The van der Waals surface area contributed by atoms with Gasteiger partial charge in [-0.15, -0.1) is 0 Å². The molecule has 0 saturated heterocycles. The molecule has 7 rings (SSSR count). The van der Waals surface area contributed by atoms with Gasteiger partial charge in [-0.2, -0.15) is 0 Å². The normalized spacial score (nSPS) is 33.4. The van der Waals surface area contributed by atoms with Crippen LogP contribution < -0.4 is 11.1 Å². The number of rotatable bonds is 7. The van der Waals surface area contributed by atoms with E-state index in [1.165, 1.54) is 11.1 Å². The number of aromatic nitrogens is 1. The van der Waals surface area contributed by atoms with Crippen LogP contribution in [-0.4, -0.2) is 29.3 Å². The Balaban J connectivity index is 1.11. The topological polar surface area (TPSA) is 85.1 Å². The molecule has 184 valence electrons. The molecule has 1 aromatic heterocycles. The fourth-order valence-electron chi connectivity index (χ4n) is 8.27. The molecule has 5 aliphatic carbocycles. The van der Waals surface area contributed by atoms with Crippen molar-refractivity contribution in [3.63, 3.8) is 0 Å². The van der Waals surface area contributed by atoms with Crippen molar-refractivity contribution in [2.45, 2.75) is 63.3 Å². The van der Waals surface area contributed by atoms with Gasteiger partial charge < -0.3 is 11.1 Å². The van der Waals surface area contributed by atoms with Crippen molar-refractivity contribution in [1.29, 1.82) is 0 Å². The van der Waals surface area contributed by atoms with Gasteiger partial charge in [-0.05, 0) is 110 Å². The van der Waals surface area contributed by atoms with Gasteiger partial charge in [0.1, 0.15) is 5.78 Å². The van der Waals surface area contributed by atoms with Crippen molar-refractivity contribution in [2.24, 2.45) is 34.8 Å². The number of nitrogens with zero attached hydrogens (tertiary/aromatic N) is 1. The highest BCUT2D eigenvalue weighted by Gasteiger charge is 2.59. The summed E-state index contributed by atoms with van der Waals surface area (Å²) in [5.74, 6) is 2.20. The molecule has 4 bridgehead atoms. The molecule has 1 amide bonds. The zero-order valence-corrected chi connectivity index (χ0v) is 20.8. The number of ketones is 1. The minimum Gasteiger partial charge on any atom is -0.354 e. The number of Topliss-reactive ketones (excluding diaryl/α,β-unsaturated/α-hetero) is 1. The smallest absolute Gasteiger partial charge is 0.237 e. The zero-order valence-electron chi connectivity index (χ0n) is 20.1. The van der Waals surface area contributed by atoms with Crippen molar-refractivity contribution >= 4 is 23.3 Å². The van der Waals surface area contributed by atoms with E-state index in [0.717, 1.165) is 55.5 Å². The number of carbonyl (C=O) groups is 2. The number of nitrogens with two attached hydrogens (primary N) is 1. The Hall–Kier alpha value is -2.24. The standard InChI is InChI=1S/C29H34ClN3O2/c30-23-3-4-24-19(12-23)1-2-20(24)16-33-28(35)27(31)26-21-9-18-10-22(26)15-29(13-18,14-21)25(34)11-17-5-7-32-8-6-17/h3-8,12,18,20-22,26-27H,1-2,9-11,13-16,31H2,(H,33,35). The molecule has 35 heavy (non-hydrogen) atoms. The van der Waals surface area contributed by atoms with Crippen molar-refractivity contribution in [3.05, 3.63) is 64.4 Å². The zero-order chi connectivity index (χ0) is 24.2. The molecule has 4 saturated carbocycles. The van der Waals surface area contributed by atoms with E-state index in [4.69, 9.17) is 17.3 Å². The van der Waals surface area contributed by atoms with Crippen molar-refractivity contribution in [1.82, 2.24) is 10.3 Å². The molecule has 4 fully saturated rings. The van der Waals surface area contributed by atoms with Gasteiger partial charge in [0.25, 0.3) is 0 Å². The average Bonchev–Trinajstić information content (AvgIpc) is 3.24. The van der Waals surface area contributed by atoms with Gasteiger partial charge in [-0.1, -0.05) is 17.7 Å². The lowest BCUT2D eigenvalue weighted by Crippen LogP contribution is -2.60. The number of amides is 1. The van der Waals surface area contributed by atoms with Gasteiger partial charge in [0.2, 0.25) is 5.91 Å². The Morgan fingerprint density at radius 1 is 1.11 bits per heavy atom. The number of halogens is 1. The van der Waals surface area contributed by atoms with Crippen molar-refractivity contribution in [3.8, 4) is 0 Å².